The molecular weight excluding hydrogens is 272 g/mol. The zero-order valence-corrected chi connectivity index (χ0v) is 13.7. The average molecular weight is 300 g/mol. The molecule has 0 bridgehead atoms. The number of rotatable bonds is 4. The lowest BCUT2D eigenvalue weighted by Crippen LogP contribution is -2.47. The number of hydrogen-bond acceptors (Lipinski definition) is 2. The third-order valence-corrected chi connectivity index (χ3v) is 5.25. The van der Waals surface area contributed by atoms with E-state index in [2.05, 4.69) is 41.4 Å². The Bertz CT molecular complexity index is 483. The van der Waals surface area contributed by atoms with E-state index < -0.39 is 0 Å². The zero-order chi connectivity index (χ0) is 15.4. The van der Waals surface area contributed by atoms with E-state index in [1.807, 2.05) is 0 Å². The highest BCUT2D eigenvalue weighted by atomic mass is 16.2. The fraction of sp³-hybridized carbons (Fsp3) is 0.632. The van der Waals surface area contributed by atoms with Crippen molar-refractivity contribution in [3.8, 4) is 0 Å². The van der Waals surface area contributed by atoms with Crippen LogP contribution in [0.3, 0.4) is 0 Å². The highest BCUT2D eigenvalue weighted by Crippen LogP contribution is 2.23. The van der Waals surface area contributed by atoms with E-state index >= 15 is 0 Å². The van der Waals surface area contributed by atoms with Crippen molar-refractivity contribution in [2.75, 3.05) is 19.6 Å². The van der Waals surface area contributed by atoms with E-state index in [0.717, 1.165) is 38.4 Å². The van der Waals surface area contributed by atoms with Crippen LogP contribution in [-0.4, -0.2) is 36.5 Å². The molecule has 1 aromatic carbocycles. The first-order valence-electron chi connectivity index (χ1n) is 8.80. The van der Waals surface area contributed by atoms with Crippen LogP contribution in [0.25, 0.3) is 0 Å². The summed E-state index contributed by atoms with van der Waals surface area (Å²) in [6, 6.07) is 9.00. The fourth-order valence-corrected chi connectivity index (χ4v) is 3.68. The second kappa shape index (κ2) is 7.28. The van der Waals surface area contributed by atoms with Gasteiger partial charge in [-0.25, -0.2) is 0 Å². The van der Waals surface area contributed by atoms with Crippen molar-refractivity contribution in [2.45, 2.75) is 51.5 Å². The van der Waals surface area contributed by atoms with Crippen LogP contribution in [0, 0.1) is 12.8 Å². The van der Waals surface area contributed by atoms with Crippen molar-refractivity contribution in [3.05, 3.63) is 35.4 Å². The summed E-state index contributed by atoms with van der Waals surface area (Å²) in [5.74, 6) is 1.12. The van der Waals surface area contributed by atoms with Crippen molar-refractivity contribution >= 4 is 5.91 Å². The molecule has 1 N–H and O–H groups in total. The lowest BCUT2D eigenvalue weighted by molar-refractivity contribution is -0.134. The molecule has 3 rings (SSSR count). The Morgan fingerprint density at radius 3 is 2.55 bits per heavy atom. The summed E-state index contributed by atoms with van der Waals surface area (Å²) in [5, 5.41) is 3.32. The molecule has 2 heterocycles. The Morgan fingerprint density at radius 2 is 1.91 bits per heavy atom. The second-order valence-corrected chi connectivity index (χ2v) is 6.94. The minimum atomic E-state index is 0.101. The van der Waals surface area contributed by atoms with Crippen molar-refractivity contribution in [1.82, 2.24) is 10.2 Å². The monoisotopic (exact) mass is 300 g/mol. The Balaban J connectivity index is 1.41. The van der Waals surface area contributed by atoms with Gasteiger partial charge in [-0.15, -0.1) is 0 Å². The van der Waals surface area contributed by atoms with E-state index in [1.165, 1.54) is 36.8 Å². The van der Waals surface area contributed by atoms with E-state index in [-0.39, 0.29) is 6.04 Å². The molecule has 3 heteroatoms. The third-order valence-electron chi connectivity index (χ3n) is 5.25. The second-order valence-electron chi connectivity index (χ2n) is 6.94. The zero-order valence-electron chi connectivity index (χ0n) is 13.7. The number of likely N-dealkylation sites (tertiary alicyclic amines) is 1. The number of hydrogen-bond donors (Lipinski definition) is 1. The average Bonchev–Trinajstić information content (AvgIpc) is 3.09. The quantitative estimate of drug-likeness (QED) is 0.927. The third kappa shape index (κ3) is 3.89. The smallest absolute Gasteiger partial charge is 0.239 e. The Hall–Kier alpha value is -1.35. The van der Waals surface area contributed by atoms with E-state index in [1.54, 1.807) is 0 Å². The summed E-state index contributed by atoms with van der Waals surface area (Å²) in [4.78, 5) is 14.5. The normalized spacial score (nSPS) is 23.0. The number of nitrogens with zero attached hydrogens (tertiary/aromatic N) is 1. The van der Waals surface area contributed by atoms with Gasteiger partial charge in [0, 0.05) is 13.1 Å². The highest BCUT2D eigenvalue weighted by molar-refractivity contribution is 5.82. The van der Waals surface area contributed by atoms with Crippen LogP contribution < -0.4 is 5.32 Å². The summed E-state index contributed by atoms with van der Waals surface area (Å²) in [7, 11) is 0. The molecule has 2 saturated heterocycles. The number of nitrogens with one attached hydrogen (secondary N) is 1. The molecule has 1 amide bonds. The van der Waals surface area contributed by atoms with Crippen molar-refractivity contribution in [1.29, 1.82) is 0 Å². The molecule has 120 valence electrons. The van der Waals surface area contributed by atoms with Gasteiger partial charge in [-0.2, -0.15) is 0 Å². The molecule has 1 atom stereocenters. The number of amides is 1. The van der Waals surface area contributed by atoms with Crippen molar-refractivity contribution < 1.29 is 4.79 Å². The number of piperidine rings is 1. The molecule has 2 aliphatic heterocycles. The van der Waals surface area contributed by atoms with Gasteiger partial charge in [0.25, 0.3) is 0 Å². The minimum absolute atomic E-state index is 0.101. The van der Waals surface area contributed by atoms with Gasteiger partial charge in [0.05, 0.1) is 6.04 Å². The van der Waals surface area contributed by atoms with E-state index in [4.69, 9.17) is 0 Å². The Morgan fingerprint density at radius 1 is 1.18 bits per heavy atom. The predicted octanol–water partition coefficient (Wildman–Crippen LogP) is 2.92. The molecule has 2 fully saturated rings. The van der Waals surface area contributed by atoms with Gasteiger partial charge < -0.3 is 10.2 Å². The first-order valence-corrected chi connectivity index (χ1v) is 8.80. The van der Waals surface area contributed by atoms with Crippen LogP contribution in [0.1, 0.15) is 43.2 Å². The largest absolute Gasteiger partial charge is 0.341 e. The van der Waals surface area contributed by atoms with E-state index in [9.17, 15) is 4.79 Å². The van der Waals surface area contributed by atoms with Gasteiger partial charge >= 0.3 is 0 Å². The van der Waals surface area contributed by atoms with Gasteiger partial charge in [0.1, 0.15) is 0 Å². The first kappa shape index (κ1) is 15.5. The maximum absolute atomic E-state index is 12.4. The fourth-order valence-electron chi connectivity index (χ4n) is 3.68. The van der Waals surface area contributed by atoms with Crippen molar-refractivity contribution in [2.24, 2.45) is 5.92 Å². The predicted molar refractivity (Wildman–Crippen MR) is 89.8 cm³/mol. The maximum Gasteiger partial charge on any atom is 0.239 e. The Labute approximate surface area is 134 Å². The standard InChI is InChI=1S/C19H28N2O/c1-15-4-6-16(7-5-15)8-9-17-10-13-21(14-11-17)19(22)18-3-2-12-20-18/h4-7,17-18,20H,2-3,8-14H2,1H3. The number of benzene rings is 1. The van der Waals surface area contributed by atoms with Gasteiger partial charge in [-0.05, 0) is 63.5 Å². The summed E-state index contributed by atoms with van der Waals surface area (Å²) < 4.78 is 0. The summed E-state index contributed by atoms with van der Waals surface area (Å²) in [6.45, 7) is 5.05. The van der Waals surface area contributed by atoms with Crippen LogP contribution in [0.15, 0.2) is 24.3 Å². The molecule has 0 radical (unpaired) electrons. The SMILES string of the molecule is Cc1ccc(CCC2CCN(C(=O)C3CCCN3)CC2)cc1. The summed E-state index contributed by atoms with van der Waals surface area (Å²) in [6.07, 6.45) is 6.93. The molecule has 0 saturated carbocycles. The van der Waals surface area contributed by atoms with Crippen LogP contribution >= 0.6 is 0 Å². The topological polar surface area (TPSA) is 32.3 Å². The van der Waals surface area contributed by atoms with Crippen molar-refractivity contribution in [3.63, 3.8) is 0 Å². The maximum atomic E-state index is 12.4. The van der Waals surface area contributed by atoms with Gasteiger partial charge in [-0.1, -0.05) is 29.8 Å². The number of aryl methyl sites for hydroxylation is 2. The molecule has 22 heavy (non-hydrogen) atoms. The molecule has 2 aliphatic rings. The van der Waals surface area contributed by atoms with Crippen LogP contribution in [-0.2, 0) is 11.2 Å². The van der Waals surface area contributed by atoms with E-state index in [0.29, 0.717) is 5.91 Å². The summed E-state index contributed by atoms with van der Waals surface area (Å²) in [5.41, 5.74) is 2.77. The minimum Gasteiger partial charge on any atom is -0.341 e. The molecule has 1 aromatic rings. The molecule has 0 aliphatic carbocycles. The number of carbonyl (C=O) groups excluding carboxylic acids is 1. The van der Waals surface area contributed by atoms with Crippen LogP contribution in [0.4, 0.5) is 0 Å². The molecular formula is C19H28N2O. The van der Waals surface area contributed by atoms with Gasteiger partial charge in [0.15, 0.2) is 0 Å². The molecule has 1 unspecified atom stereocenters. The summed E-state index contributed by atoms with van der Waals surface area (Å²) >= 11 is 0. The van der Waals surface area contributed by atoms with Gasteiger partial charge in [-0.3, -0.25) is 4.79 Å². The van der Waals surface area contributed by atoms with Crippen LogP contribution in [0.2, 0.25) is 0 Å². The lowest BCUT2D eigenvalue weighted by Gasteiger charge is -2.33. The lowest BCUT2D eigenvalue weighted by atomic mass is 9.90. The molecule has 0 aromatic heterocycles. The number of carbonyl (C=O) groups is 1. The van der Waals surface area contributed by atoms with Crippen LogP contribution in [0.5, 0.6) is 0 Å². The molecule has 3 nitrogen and oxygen atoms in total. The molecule has 0 spiro atoms. The Kier molecular flexibility index (Phi) is 5.14. The van der Waals surface area contributed by atoms with Gasteiger partial charge in [0.2, 0.25) is 5.91 Å². The first-order chi connectivity index (χ1) is 10.7. The highest BCUT2D eigenvalue weighted by Gasteiger charge is 2.29.